The lowest BCUT2D eigenvalue weighted by Gasteiger charge is -2.13. The molecular weight excluding hydrogens is 236 g/mol. The Kier molecular flexibility index (Phi) is 1.93. The Labute approximate surface area is 110 Å². The summed E-state index contributed by atoms with van der Waals surface area (Å²) < 4.78 is 5.24. The van der Waals surface area contributed by atoms with Crippen molar-refractivity contribution >= 4 is 32.3 Å². The Morgan fingerprint density at radius 2 is 1.53 bits per heavy atom. The van der Waals surface area contributed by atoms with Crippen LogP contribution < -0.4 is 4.74 Å². The Hall–Kier alpha value is -2.48. The smallest absolute Gasteiger partial charge is 0.165 e. The van der Waals surface area contributed by atoms with Crippen LogP contribution >= 0.6 is 0 Å². The number of rotatable bonds is 1. The first-order chi connectivity index (χ1) is 9.29. The fraction of sp³-hybridized carbons (Fsp3) is 0.0588. The van der Waals surface area contributed by atoms with E-state index < -0.39 is 0 Å². The van der Waals surface area contributed by atoms with E-state index in [1.165, 1.54) is 16.2 Å². The van der Waals surface area contributed by atoms with E-state index in [-0.39, 0.29) is 5.75 Å². The molecule has 0 fully saturated rings. The molecule has 0 aromatic heterocycles. The van der Waals surface area contributed by atoms with Crippen LogP contribution in [0.2, 0.25) is 0 Å². The molecule has 0 bridgehead atoms. The molecule has 4 rings (SSSR count). The second-order valence-corrected chi connectivity index (χ2v) is 4.78. The molecule has 0 aliphatic rings. The van der Waals surface area contributed by atoms with Crippen molar-refractivity contribution in [1.29, 1.82) is 0 Å². The van der Waals surface area contributed by atoms with E-state index in [0.29, 0.717) is 5.75 Å². The molecule has 19 heavy (non-hydrogen) atoms. The first kappa shape index (κ1) is 10.4. The fourth-order valence-electron chi connectivity index (χ4n) is 2.92. The van der Waals surface area contributed by atoms with Crippen LogP contribution in [0.5, 0.6) is 11.5 Å². The largest absolute Gasteiger partial charge is 0.504 e. The monoisotopic (exact) mass is 248 g/mol. The fourth-order valence-corrected chi connectivity index (χ4v) is 2.92. The predicted octanol–water partition coefficient (Wildman–Crippen LogP) is 4.30. The molecule has 0 aliphatic carbocycles. The van der Waals surface area contributed by atoms with Crippen LogP contribution in [0.3, 0.4) is 0 Å². The second-order valence-electron chi connectivity index (χ2n) is 4.78. The van der Waals surface area contributed by atoms with Gasteiger partial charge in [0.2, 0.25) is 0 Å². The minimum atomic E-state index is 0.216. The lowest BCUT2D eigenvalue weighted by Crippen LogP contribution is -1.88. The molecule has 0 aliphatic heterocycles. The van der Waals surface area contributed by atoms with E-state index in [4.69, 9.17) is 4.74 Å². The van der Waals surface area contributed by atoms with Gasteiger partial charge in [-0.1, -0.05) is 36.4 Å². The van der Waals surface area contributed by atoms with Crippen molar-refractivity contribution in [2.24, 2.45) is 0 Å². The van der Waals surface area contributed by atoms with Crippen molar-refractivity contribution in [2.45, 2.75) is 0 Å². The topological polar surface area (TPSA) is 29.5 Å². The van der Waals surface area contributed by atoms with Crippen LogP contribution in [0.15, 0.2) is 48.5 Å². The Balaban J connectivity index is 2.37. The normalized spacial score (nSPS) is 11.6. The highest BCUT2D eigenvalue weighted by Gasteiger charge is 2.13. The van der Waals surface area contributed by atoms with Gasteiger partial charge >= 0.3 is 0 Å². The second kappa shape index (κ2) is 3.51. The first-order valence-electron chi connectivity index (χ1n) is 6.23. The summed E-state index contributed by atoms with van der Waals surface area (Å²) in [6.45, 7) is 0. The molecule has 0 unspecified atom stereocenters. The number of hydrogen-bond acceptors (Lipinski definition) is 2. The Bertz CT molecular complexity index is 893. The summed E-state index contributed by atoms with van der Waals surface area (Å²) in [5.74, 6) is 0.735. The van der Waals surface area contributed by atoms with E-state index in [2.05, 4.69) is 30.3 Å². The van der Waals surface area contributed by atoms with Gasteiger partial charge in [-0.15, -0.1) is 0 Å². The van der Waals surface area contributed by atoms with Gasteiger partial charge in [0.25, 0.3) is 0 Å². The summed E-state index contributed by atoms with van der Waals surface area (Å²) in [6, 6.07) is 16.3. The summed E-state index contributed by atoms with van der Waals surface area (Å²) in [6.07, 6.45) is 0. The molecule has 0 radical (unpaired) electrons. The van der Waals surface area contributed by atoms with Crippen molar-refractivity contribution in [3.63, 3.8) is 0 Å². The Morgan fingerprint density at radius 3 is 2.26 bits per heavy atom. The van der Waals surface area contributed by atoms with Crippen LogP contribution in [0.1, 0.15) is 0 Å². The molecule has 4 aromatic rings. The zero-order chi connectivity index (χ0) is 13.0. The summed E-state index contributed by atoms with van der Waals surface area (Å²) in [5.41, 5.74) is 0. The molecule has 0 amide bonds. The van der Waals surface area contributed by atoms with Gasteiger partial charge in [0.05, 0.1) is 7.11 Å². The van der Waals surface area contributed by atoms with E-state index in [0.717, 1.165) is 16.2 Å². The van der Waals surface area contributed by atoms with Gasteiger partial charge < -0.3 is 9.84 Å². The highest BCUT2D eigenvalue weighted by Crippen LogP contribution is 2.42. The summed E-state index contributed by atoms with van der Waals surface area (Å²) in [7, 11) is 1.58. The van der Waals surface area contributed by atoms with Crippen molar-refractivity contribution < 1.29 is 9.84 Å². The average Bonchev–Trinajstić information content (AvgIpc) is 2.46. The molecule has 92 valence electrons. The predicted molar refractivity (Wildman–Crippen MR) is 78.4 cm³/mol. The van der Waals surface area contributed by atoms with E-state index >= 15 is 0 Å². The van der Waals surface area contributed by atoms with Gasteiger partial charge in [0.1, 0.15) is 0 Å². The van der Waals surface area contributed by atoms with Gasteiger partial charge in [0.15, 0.2) is 11.5 Å². The highest BCUT2D eigenvalue weighted by molar-refractivity contribution is 6.24. The molecule has 0 spiro atoms. The Morgan fingerprint density at radius 1 is 0.842 bits per heavy atom. The highest BCUT2D eigenvalue weighted by atomic mass is 16.5. The summed E-state index contributed by atoms with van der Waals surface area (Å²) >= 11 is 0. The molecule has 0 saturated carbocycles. The van der Waals surface area contributed by atoms with Crippen LogP contribution in [-0.4, -0.2) is 12.2 Å². The lowest BCUT2D eigenvalue weighted by atomic mass is 9.93. The third kappa shape index (κ3) is 1.26. The number of ether oxygens (including phenoxy) is 1. The maximum atomic E-state index is 10.3. The number of phenols is 1. The summed E-state index contributed by atoms with van der Waals surface area (Å²) in [5, 5.41) is 16.9. The van der Waals surface area contributed by atoms with Gasteiger partial charge in [0, 0.05) is 10.8 Å². The molecule has 0 atom stereocenters. The molecule has 2 nitrogen and oxygen atoms in total. The maximum Gasteiger partial charge on any atom is 0.165 e. The van der Waals surface area contributed by atoms with Crippen LogP contribution in [0.4, 0.5) is 0 Å². The number of phenolic OH excluding ortho intramolecular Hbond substituents is 1. The zero-order valence-corrected chi connectivity index (χ0v) is 10.5. The summed E-state index contributed by atoms with van der Waals surface area (Å²) in [4.78, 5) is 0. The first-order valence-corrected chi connectivity index (χ1v) is 6.23. The molecule has 4 aromatic carbocycles. The SMILES string of the molecule is COc1cc2ccc3cccc4ccc(c1O)c2c34. The third-order valence-electron chi connectivity index (χ3n) is 3.80. The number of methoxy groups -OCH3 is 1. The number of hydrogen-bond donors (Lipinski definition) is 1. The van der Waals surface area contributed by atoms with Crippen LogP contribution in [-0.2, 0) is 0 Å². The van der Waals surface area contributed by atoms with Crippen LogP contribution in [0.25, 0.3) is 32.3 Å². The van der Waals surface area contributed by atoms with E-state index in [9.17, 15) is 5.11 Å². The minimum absolute atomic E-state index is 0.216. The molecule has 0 saturated heterocycles. The van der Waals surface area contributed by atoms with Crippen molar-refractivity contribution in [3.05, 3.63) is 48.5 Å². The third-order valence-corrected chi connectivity index (χ3v) is 3.80. The van der Waals surface area contributed by atoms with Gasteiger partial charge in [-0.2, -0.15) is 0 Å². The molecule has 0 heterocycles. The number of benzene rings is 4. The standard InChI is InChI=1S/C17H12O2/c1-19-14-9-12-6-5-10-3-2-4-11-7-8-13(17(14)18)16(12)15(10)11/h2-9,18H,1H3. The van der Waals surface area contributed by atoms with E-state index in [1.807, 2.05) is 18.2 Å². The van der Waals surface area contributed by atoms with Crippen LogP contribution in [0, 0.1) is 0 Å². The maximum absolute atomic E-state index is 10.3. The quantitative estimate of drug-likeness (QED) is 0.509. The minimum Gasteiger partial charge on any atom is -0.504 e. The van der Waals surface area contributed by atoms with Crippen molar-refractivity contribution in [3.8, 4) is 11.5 Å². The molecule has 1 N–H and O–H groups in total. The number of aromatic hydroxyl groups is 1. The van der Waals surface area contributed by atoms with Gasteiger partial charge in [-0.3, -0.25) is 0 Å². The average molecular weight is 248 g/mol. The lowest BCUT2D eigenvalue weighted by molar-refractivity contribution is 0.377. The van der Waals surface area contributed by atoms with Crippen molar-refractivity contribution in [2.75, 3.05) is 7.11 Å². The van der Waals surface area contributed by atoms with Crippen molar-refractivity contribution in [1.82, 2.24) is 0 Å². The molecule has 2 heteroatoms. The van der Waals surface area contributed by atoms with Gasteiger partial charge in [-0.25, -0.2) is 0 Å². The van der Waals surface area contributed by atoms with E-state index in [1.54, 1.807) is 7.11 Å². The van der Waals surface area contributed by atoms with Gasteiger partial charge in [-0.05, 0) is 33.7 Å². The zero-order valence-electron chi connectivity index (χ0n) is 10.5. The molecular formula is C17H12O2.